The van der Waals surface area contributed by atoms with Crippen molar-refractivity contribution in [2.24, 2.45) is 13.0 Å². The molecule has 0 bridgehead atoms. The minimum Gasteiger partial charge on any atom is -0.466 e. The van der Waals surface area contributed by atoms with Gasteiger partial charge in [0.05, 0.1) is 24.6 Å². The maximum absolute atomic E-state index is 14.0. The molecule has 2 unspecified atom stereocenters. The normalized spacial score (nSPS) is 13.7. The molecule has 0 radical (unpaired) electrons. The summed E-state index contributed by atoms with van der Waals surface area (Å²) in [7, 11) is 1.40. The van der Waals surface area contributed by atoms with E-state index in [1.54, 1.807) is 6.92 Å². The van der Waals surface area contributed by atoms with E-state index >= 15 is 0 Å². The van der Waals surface area contributed by atoms with E-state index in [1.807, 2.05) is 6.92 Å². The quantitative estimate of drug-likeness (QED) is 0.416. The molecule has 1 rings (SSSR count). The van der Waals surface area contributed by atoms with E-state index in [1.165, 1.54) is 13.2 Å². The van der Waals surface area contributed by atoms with Gasteiger partial charge >= 0.3 is 5.97 Å². The van der Waals surface area contributed by atoms with Crippen molar-refractivity contribution >= 4 is 5.97 Å². The van der Waals surface area contributed by atoms with Gasteiger partial charge in [-0.15, -0.1) is 0 Å². The molecule has 0 N–H and O–H groups in total. The summed E-state index contributed by atoms with van der Waals surface area (Å²) in [6.07, 6.45) is 2.27. The lowest BCUT2D eigenvalue weighted by atomic mass is 9.84. The highest BCUT2D eigenvalue weighted by molar-refractivity contribution is 5.73. The standard InChI is InChI=1S/C13H20FN3O4/c1-4-6-9(13(18)21-5-2)11(8-17(19)20)10-7-15-16(3)12(10)14/h7,9,11H,4-6,8H2,1-3H3. The molecule has 0 amide bonds. The number of carbonyl (C=O) groups excluding carboxylic acids is 1. The Kier molecular flexibility index (Phi) is 6.26. The minimum absolute atomic E-state index is 0.0840. The number of aryl methyl sites for hydroxylation is 1. The van der Waals surface area contributed by atoms with Crippen LogP contribution in [-0.4, -0.2) is 33.8 Å². The van der Waals surface area contributed by atoms with E-state index in [0.717, 1.165) is 4.68 Å². The largest absolute Gasteiger partial charge is 0.466 e. The molecule has 1 aromatic heterocycles. The van der Waals surface area contributed by atoms with Crippen LogP contribution in [-0.2, 0) is 16.6 Å². The molecule has 0 aromatic carbocycles. The van der Waals surface area contributed by atoms with Crippen LogP contribution in [0, 0.1) is 22.0 Å². The summed E-state index contributed by atoms with van der Waals surface area (Å²) in [4.78, 5) is 22.4. The van der Waals surface area contributed by atoms with Crippen LogP contribution < -0.4 is 0 Å². The molecule has 1 heterocycles. The number of halogens is 1. The summed E-state index contributed by atoms with van der Waals surface area (Å²) >= 11 is 0. The van der Waals surface area contributed by atoms with Crippen molar-refractivity contribution in [1.29, 1.82) is 0 Å². The van der Waals surface area contributed by atoms with Crippen molar-refractivity contribution < 1.29 is 18.8 Å². The van der Waals surface area contributed by atoms with Crippen LogP contribution in [0.5, 0.6) is 0 Å². The van der Waals surface area contributed by atoms with E-state index in [-0.39, 0.29) is 12.2 Å². The highest BCUT2D eigenvalue weighted by Gasteiger charge is 2.36. The number of esters is 1. The summed E-state index contributed by atoms with van der Waals surface area (Å²) in [5.74, 6) is -2.83. The number of nitrogens with zero attached hydrogens (tertiary/aromatic N) is 3. The predicted octanol–water partition coefficient (Wildman–Crippen LogP) is 1.90. The van der Waals surface area contributed by atoms with Gasteiger partial charge in [-0.1, -0.05) is 13.3 Å². The van der Waals surface area contributed by atoms with Gasteiger partial charge in [-0.3, -0.25) is 14.9 Å². The first-order valence-corrected chi connectivity index (χ1v) is 6.88. The smallest absolute Gasteiger partial charge is 0.309 e. The molecule has 0 aliphatic heterocycles. The summed E-state index contributed by atoms with van der Waals surface area (Å²) in [5, 5.41) is 14.7. The molecule has 0 saturated carbocycles. The molecular formula is C13H20FN3O4. The van der Waals surface area contributed by atoms with Crippen LogP contribution in [0.25, 0.3) is 0 Å². The summed E-state index contributed by atoms with van der Waals surface area (Å²) < 4.78 is 20.0. The Bertz CT molecular complexity index is 504. The lowest BCUT2D eigenvalue weighted by Crippen LogP contribution is -2.29. The first-order valence-electron chi connectivity index (χ1n) is 6.88. The van der Waals surface area contributed by atoms with Crippen molar-refractivity contribution in [3.05, 3.63) is 27.8 Å². The molecule has 0 saturated heterocycles. The van der Waals surface area contributed by atoms with Crippen LogP contribution in [0.1, 0.15) is 38.2 Å². The lowest BCUT2D eigenvalue weighted by molar-refractivity contribution is -0.484. The third kappa shape index (κ3) is 4.24. The van der Waals surface area contributed by atoms with Gasteiger partial charge in [0, 0.05) is 17.5 Å². The molecule has 0 spiro atoms. The zero-order valence-electron chi connectivity index (χ0n) is 12.4. The van der Waals surface area contributed by atoms with Crippen LogP contribution in [0.15, 0.2) is 6.20 Å². The molecular weight excluding hydrogens is 281 g/mol. The number of aromatic nitrogens is 2. The van der Waals surface area contributed by atoms with Gasteiger partial charge in [0.15, 0.2) is 0 Å². The van der Waals surface area contributed by atoms with Crippen LogP contribution >= 0.6 is 0 Å². The number of nitro groups is 1. The Morgan fingerprint density at radius 2 is 2.24 bits per heavy atom. The Labute approximate surface area is 122 Å². The van der Waals surface area contributed by atoms with Crippen molar-refractivity contribution in [3.63, 3.8) is 0 Å². The number of carbonyl (C=O) groups is 1. The number of ether oxygens (including phenoxy) is 1. The van der Waals surface area contributed by atoms with E-state index < -0.39 is 35.2 Å². The molecule has 0 fully saturated rings. The third-order valence-electron chi connectivity index (χ3n) is 3.31. The van der Waals surface area contributed by atoms with Gasteiger partial charge in [-0.25, -0.2) is 4.68 Å². The fourth-order valence-corrected chi connectivity index (χ4v) is 2.33. The summed E-state index contributed by atoms with van der Waals surface area (Å²) in [6.45, 7) is 3.16. The minimum atomic E-state index is -0.882. The van der Waals surface area contributed by atoms with Gasteiger partial charge in [-0.05, 0) is 13.3 Å². The Balaban J connectivity index is 3.16. The highest BCUT2D eigenvalue weighted by Crippen LogP contribution is 2.31. The Morgan fingerprint density at radius 1 is 1.57 bits per heavy atom. The first kappa shape index (κ1) is 17.1. The Morgan fingerprint density at radius 3 is 2.67 bits per heavy atom. The zero-order chi connectivity index (χ0) is 16.0. The van der Waals surface area contributed by atoms with Gasteiger partial charge in [0.25, 0.3) is 0 Å². The maximum Gasteiger partial charge on any atom is 0.309 e. The molecule has 21 heavy (non-hydrogen) atoms. The van der Waals surface area contributed by atoms with E-state index in [4.69, 9.17) is 4.74 Å². The third-order valence-corrected chi connectivity index (χ3v) is 3.31. The topological polar surface area (TPSA) is 87.3 Å². The zero-order valence-corrected chi connectivity index (χ0v) is 12.4. The van der Waals surface area contributed by atoms with Gasteiger partial charge in [0.2, 0.25) is 12.5 Å². The second-order valence-electron chi connectivity index (χ2n) is 4.78. The van der Waals surface area contributed by atoms with Crippen LogP contribution in [0.4, 0.5) is 4.39 Å². The fraction of sp³-hybridized carbons (Fsp3) is 0.692. The average Bonchev–Trinajstić information content (AvgIpc) is 2.74. The number of rotatable bonds is 8. The van der Waals surface area contributed by atoms with Crippen molar-refractivity contribution in [2.45, 2.75) is 32.6 Å². The fourth-order valence-electron chi connectivity index (χ4n) is 2.33. The highest BCUT2D eigenvalue weighted by atomic mass is 19.1. The molecule has 7 nitrogen and oxygen atoms in total. The number of hydrogen-bond donors (Lipinski definition) is 0. The van der Waals surface area contributed by atoms with Crippen molar-refractivity contribution in [2.75, 3.05) is 13.2 Å². The van der Waals surface area contributed by atoms with Crippen LogP contribution in [0.3, 0.4) is 0 Å². The Hall–Kier alpha value is -1.99. The second kappa shape index (κ2) is 7.70. The van der Waals surface area contributed by atoms with E-state index in [9.17, 15) is 19.3 Å². The molecule has 8 heteroatoms. The SMILES string of the molecule is CCCC(C(=O)OCC)C(C[N+](=O)[O-])c1cnn(C)c1F. The lowest BCUT2D eigenvalue weighted by Gasteiger charge is -2.21. The van der Waals surface area contributed by atoms with Gasteiger partial charge in [0.1, 0.15) is 0 Å². The number of hydrogen-bond acceptors (Lipinski definition) is 5. The molecule has 2 atom stereocenters. The molecule has 0 aliphatic carbocycles. The van der Waals surface area contributed by atoms with Crippen molar-refractivity contribution in [3.8, 4) is 0 Å². The summed E-state index contributed by atoms with van der Waals surface area (Å²) in [5.41, 5.74) is 0.0840. The van der Waals surface area contributed by atoms with Crippen molar-refractivity contribution in [1.82, 2.24) is 9.78 Å². The van der Waals surface area contributed by atoms with Crippen LogP contribution in [0.2, 0.25) is 0 Å². The molecule has 1 aromatic rings. The maximum atomic E-state index is 14.0. The van der Waals surface area contributed by atoms with E-state index in [0.29, 0.717) is 12.8 Å². The van der Waals surface area contributed by atoms with Gasteiger partial charge in [-0.2, -0.15) is 9.49 Å². The first-order chi connectivity index (χ1) is 9.92. The molecule has 118 valence electrons. The molecule has 0 aliphatic rings. The predicted molar refractivity (Wildman–Crippen MR) is 72.8 cm³/mol. The second-order valence-corrected chi connectivity index (χ2v) is 4.78. The monoisotopic (exact) mass is 301 g/mol. The van der Waals surface area contributed by atoms with Gasteiger partial charge < -0.3 is 4.74 Å². The van der Waals surface area contributed by atoms with E-state index in [2.05, 4.69) is 5.10 Å². The average molecular weight is 301 g/mol. The summed E-state index contributed by atoms with van der Waals surface area (Å²) in [6, 6.07) is 0.